The van der Waals surface area contributed by atoms with Crippen molar-refractivity contribution in [1.82, 2.24) is 19.5 Å². The predicted octanol–water partition coefficient (Wildman–Crippen LogP) is 2.77. The first-order chi connectivity index (χ1) is 11.8. The summed E-state index contributed by atoms with van der Waals surface area (Å²) < 4.78 is 7.85. The molecule has 1 fully saturated rings. The average molecular weight is 323 g/mol. The summed E-state index contributed by atoms with van der Waals surface area (Å²) in [7, 11) is 0. The Labute approximate surface area is 140 Å². The van der Waals surface area contributed by atoms with Gasteiger partial charge in [0.2, 0.25) is 0 Å². The maximum Gasteiger partial charge on any atom is 0.154 e. The fraction of sp³-hybridized carbons (Fsp3) is 0.389. The molecule has 4 heterocycles. The van der Waals surface area contributed by atoms with E-state index in [-0.39, 0.29) is 6.10 Å². The predicted molar refractivity (Wildman–Crippen MR) is 93.1 cm³/mol. The number of pyridine rings is 1. The maximum atomic E-state index is 5.70. The summed E-state index contributed by atoms with van der Waals surface area (Å²) in [5, 5.41) is 3.47. The number of hydrogen-bond acceptors (Lipinski definition) is 5. The third-order valence-corrected chi connectivity index (χ3v) is 4.30. The van der Waals surface area contributed by atoms with Gasteiger partial charge in [-0.05, 0) is 38.0 Å². The number of nitrogens with one attached hydrogen (secondary N) is 1. The van der Waals surface area contributed by atoms with Crippen molar-refractivity contribution in [3.8, 4) is 0 Å². The van der Waals surface area contributed by atoms with Crippen LogP contribution in [-0.2, 0) is 11.3 Å². The van der Waals surface area contributed by atoms with Gasteiger partial charge < -0.3 is 14.6 Å². The molecule has 0 bridgehead atoms. The van der Waals surface area contributed by atoms with Crippen LogP contribution in [-0.4, -0.2) is 38.8 Å². The molecule has 0 spiro atoms. The SMILES string of the molecule is Cc1nc(NCC2CCCO2)c2c(ccn2Cc2ccccn2)n1. The van der Waals surface area contributed by atoms with E-state index in [0.717, 1.165) is 54.4 Å². The first kappa shape index (κ1) is 15.1. The van der Waals surface area contributed by atoms with E-state index in [1.807, 2.05) is 43.6 Å². The summed E-state index contributed by atoms with van der Waals surface area (Å²) in [4.78, 5) is 13.6. The van der Waals surface area contributed by atoms with E-state index < -0.39 is 0 Å². The molecule has 1 aliphatic heterocycles. The van der Waals surface area contributed by atoms with Gasteiger partial charge >= 0.3 is 0 Å². The lowest BCUT2D eigenvalue weighted by molar-refractivity contribution is 0.120. The first-order valence-corrected chi connectivity index (χ1v) is 8.38. The van der Waals surface area contributed by atoms with Gasteiger partial charge in [-0.2, -0.15) is 0 Å². The zero-order valence-electron chi connectivity index (χ0n) is 13.8. The van der Waals surface area contributed by atoms with Crippen LogP contribution in [0.5, 0.6) is 0 Å². The van der Waals surface area contributed by atoms with Crippen molar-refractivity contribution in [2.75, 3.05) is 18.5 Å². The van der Waals surface area contributed by atoms with E-state index in [4.69, 9.17) is 4.74 Å². The van der Waals surface area contributed by atoms with Crippen LogP contribution in [0.4, 0.5) is 5.82 Å². The van der Waals surface area contributed by atoms with Crippen molar-refractivity contribution in [2.24, 2.45) is 0 Å². The highest BCUT2D eigenvalue weighted by Gasteiger charge is 2.17. The lowest BCUT2D eigenvalue weighted by Crippen LogP contribution is -2.20. The average Bonchev–Trinajstić information content (AvgIpc) is 3.24. The van der Waals surface area contributed by atoms with E-state index >= 15 is 0 Å². The Hall–Kier alpha value is -2.47. The summed E-state index contributed by atoms with van der Waals surface area (Å²) in [6.07, 6.45) is 6.38. The number of aromatic nitrogens is 4. The molecule has 0 aromatic carbocycles. The Kier molecular flexibility index (Phi) is 4.13. The fourth-order valence-electron chi connectivity index (χ4n) is 3.16. The molecule has 1 N–H and O–H groups in total. The Morgan fingerprint density at radius 1 is 1.29 bits per heavy atom. The van der Waals surface area contributed by atoms with Gasteiger partial charge in [-0.15, -0.1) is 0 Å². The maximum absolute atomic E-state index is 5.70. The van der Waals surface area contributed by atoms with Gasteiger partial charge in [0.05, 0.1) is 23.9 Å². The second-order valence-electron chi connectivity index (χ2n) is 6.13. The second-order valence-corrected chi connectivity index (χ2v) is 6.13. The summed E-state index contributed by atoms with van der Waals surface area (Å²) in [5.74, 6) is 1.64. The quantitative estimate of drug-likeness (QED) is 0.782. The van der Waals surface area contributed by atoms with Gasteiger partial charge in [-0.25, -0.2) is 9.97 Å². The Morgan fingerprint density at radius 2 is 2.25 bits per heavy atom. The molecule has 0 radical (unpaired) electrons. The summed E-state index contributed by atoms with van der Waals surface area (Å²) >= 11 is 0. The van der Waals surface area contributed by atoms with Crippen LogP contribution in [0, 0.1) is 6.92 Å². The molecule has 4 rings (SSSR count). The fourth-order valence-corrected chi connectivity index (χ4v) is 3.16. The van der Waals surface area contributed by atoms with Crippen molar-refractivity contribution < 1.29 is 4.74 Å². The lowest BCUT2D eigenvalue weighted by atomic mass is 10.2. The van der Waals surface area contributed by atoms with E-state index in [9.17, 15) is 0 Å². The molecule has 3 aromatic rings. The molecule has 3 aromatic heterocycles. The molecule has 24 heavy (non-hydrogen) atoms. The molecule has 6 nitrogen and oxygen atoms in total. The third-order valence-electron chi connectivity index (χ3n) is 4.30. The van der Waals surface area contributed by atoms with Crippen molar-refractivity contribution in [3.05, 3.63) is 48.2 Å². The molecule has 1 atom stereocenters. The van der Waals surface area contributed by atoms with E-state index in [0.29, 0.717) is 6.54 Å². The lowest BCUT2D eigenvalue weighted by Gasteiger charge is -2.14. The largest absolute Gasteiger partial charge is 0.376 e. The van der Waals surface area contributed by atoms with Gasteiger partial charge in [0, 0.05) is 25.5 Å². The first-order valence-electron chi connectivity index (χ1n) is 8.38. The van der Waals surface area contributed by atoms with Crippen molar-refractivity contribution in [1.29, 1.82) is 0 Å². The molecule has 1 unspecified atom stereocenters. The Bertz CT molecular complexity index is 824. The molecule has 6 heteroatoms. The van der Waals surface area contributed by atoms with Crippen LogP contribution in [0.15, 0.2) is 36.7 Å². The van der Waals surface area contributed by atoms with Crippen molar-refractivity contribution >= 4 is 16.9 Å². The van der Waals surface area contributed by atoms with E-state index in [1.54, 1.807) is 0 Å². The summed E-state index contributed by atoms with van der Waals surface area (Å²) in [5.41, 5.74) is 2.98. The second kappa shape index (κ2) is 6.57. The van der Waals surface area contributed by atoms with Crippen molar-refractivity contribution in [3.63, 3.8) is 0 Å². The molecule has 1 saturated heterocycles. The van der Waals surface area contributed by atoms with Gasteiger partial charge in [-0.1, -0.05) is 6.07 Å². The van der Waals surface area contributed by atoms with Gasteiger partial charge in [0.15, 0.2) is 5.82 Å². The van der Waals surface area contributed by atoms with Gasteiger partial charge in [0.25, 0.3) is 0 Å². The zero-order chi connectivity index (χ0) is 16.4. The monoisotopic (exact) mass is 323 g/mol. The van der Waals surface area contributed by atoms with Crippen LogP contribution in [0.25, 0.3) is 11.0 Å². The minimum absolute atomic E-state index is 0.273. The Balaban J connectivity index is 1.65. The number of anilines is 1. The third kappa shape index (κ3) is 3.10. The normalized spacial score (nSPS) is 17.5. The molecular formula is C18H21N5O. The highest BCUT2D eigenvalue weighted by Crippen LogP contribution is 2.23. The molecule has 0 amide bonds. The number of aryl methyl sites for hydroxylation is 1. The summed E-state index contributed by atoms with van der Waals surface area (Å²) in [6.45, 7) is 4.26. The molecule has 1 aliphatic rings. The highest BCUT2D eigenvalue weighted by molar-refractivity contribution is 5.86. The smallest absolute Gasteiger partial charge is 0.154 e. The molecule has 124 valence electrons. The zero-order valence-corrected chi connectivity index (χ0v) is 13.8. The van der Waals surface area contributed by atoms with E-state index in [2.05, 4.69) is 24.8 Å². The minimum atomic E-state index is 0.273. The Morgan fingerprint density at radius 3 is 3.04 bits per heavy atom. The van der Waals surface area contributed by atoms with Crippen LogP contribution in [0.2, 0.25) is 0 Å². The van der Waals surface area contributed by atoms with Crippen LogP contribution in [0.3, 0.4) is 0 Å². The number of fused-ring (bicyclic) bond motifs is 1. The standard InChI is InChI=1S/C18H21N5O/c1-13-21-16-7-9-23(12-14-5-2-3-8-19-14)17(16)18(22-13)20-11-15-6-4-10-24-15/h2-3,5,7-9,15H,4,6,10-12H2,1H3,(H,20,21,22). The number of rotatable bonds is 5. The molecular weight excluding hydrogens is 302 g/mol. The van der Waals surface area contributed by atoms with Crippen molar-refractivity contribution in [2.45, 2.75) is 32.4 Å². The van der Waals surface area contributed by atoms with Gasteiger partial charge in [-0.3, -0.25) is 4.98 Å². The van der Waals surface area contributed by atoms with Crippen LogP contribution in [0.1, 0.15) is 24.4 Å². The number of nitrogens with zero attached hydrogens (tertiary/aromatic N) is 4. The van der Waals surface area contributed by atoms with Crippen LogP contribution < -0.4 is 5.32 Å². The number of ether oxygens (including phenoxy) is 1. The highest BCUT2D eigenvalue weighted by atomic mass is 16.5. The molecule has 0 saturated carbocycles. The van der Waals surface area contributed by atoms with E-state index in [1.165, 1.54) is 0 Å². The van der Waals surface area contributed by atoms with Crippen LogP contribution >= 0.6 is 0 Å². The summed E-state index contributed by atoms with van der Waals surface area (Å²) in [6, 6.07) is 7.99. The topological polar surface area (TPSA) is 64.9 Å². The van der Waals surface area contributed by atoms with Gasteiger partial charge in [0.1, 0.15) is 11.3 Å². The number of hydrogen-bond donors (Lipinski definition) is 1. The minimum Gasteiger partial charge on any atom is -0.376 e. The molecule has 0 aliphatic carbocycles.